The Morgan fingerprint density at radius 2 is 2.10 bits per heavy atom. The number of aliphatic hydroxyl groups is 1. The van der Waals surface area contributed by atoms with Gasteiger partial charge in [0.15, 0.2) is 0 Å². The highest BCUT2D eigenvalue weighted by Crippen LogP contribution is 2.45. The molecule has 3 nitrogen and oxygen atoms in total. The van der Waals surface area contributed by atoms with Crippen LogP contribution in [-0.2, 0) is 4.74 Å². The van der Waals surface area contributed by atoms with Crippen molar-refractivity contribution in [2.45, 2.75) is 51.7 Å². The molecule has 1 aromatic rings. The summed E-state index contributed by atoms with van der Waals surface area (Å²) in [6.45, 7) is 6.75. The second-order valence-corrected chi connectivity index (χ2v) is 7.39. The van der Waals surface area contributed by atoms with Gasteiger partial charge in [-0.1, -0.05) is 0 Å². The average Bonchev–Trinajstić information content (AvgIpc) is 2.95. The Hall–Kier alpha value is -0.450. The molecule has 3 atom stereocenters. The van der Waals surface area contributed by atoms with Gasteiger partial charge in [0.05, 0.1) is 11.7 Å². The summed E-state index contributed by atoms with van der Waals surface area (Å²) in [5, 5.41) is 10.8. The highest BCUT2D eigenvalue weighted by Gasteiger charge is 2.43. The van der Waals surface area contributed by atoms with Crippen molar-refractivity contribution in [2.24, 2.45) is 5.92 Å². The average molecular weight is 296 g/mol. The van der Waals surface area contributed by atoms with Crippen molar-refractivity contribution < 1.29 is 14.3 Å². The maximum Gasteiger partial charge on any atom is 0.107 e. The van der Waals surface area contributed by atoms with Crippen LogP contribution in [0.4, 0.5) is 0 Å². The first-order valence-corrected chi connectivity index (χ1v) is 8.64. The van der Waals surface area contributed by atoms with Crippen molar-refractivity contribution in [1.29, 1.82) is 0 Å². The number of aryl methyl sites for hydroxylation is 2. The summed E-state index contributed by atoms with van der Waals surface area (Å²) in [6, 6.07) is 0. The number of aliphatic hydroxyl groups excluding tert-OH is 1. The normalized spacial score (nSPS) is 31.9. The number of rotatable bonds is 2. The van der Waals surface area contributed by atoms with E-state index in [9.17, 15) is 5.11 Å². The van der Waals surface area contributed by atoms with Gasteiger partial charge in [0, 0.05) is 17.9 Å². The molecule has 0 aromatic carbocycles. The van der Waals surface area contributed by atoms with Crippen molar-refractivity contribution in [3.8, 4) is 0 Å². The first-order valence-electron chi connectivity index (χ1n) is 7.49. The Balaban J connectivity index is 1.81. The molecule has 2 saturated heterocycles. The van der Waals surface area contributed by atoms with Crippen molar-refractivity contribution >= 4 is 11.8 Å². The molecule has 0 radical (unpaired) electrons. The maximum atomic E-state index is 10.8. The SMILES string of the molecule is Cc1oc(C)c(C(O)C2CCOC3(CCSC3)C2)c1C. The summed E-state index contributed by atoms with van der Waals surface area (Å²) in [7, 11) is 0. The molecule has 2 aliphatic heterocycles. The highest BCUT2D eigenvalue weighted by molar-refractivity contribution is 7.99. The molecule has 0 bridgehead atoms. The van der Waals surface area contributed by atoms with Crippen LogP contribution in [0.1, 0.15) is 48.0 Å². The van der Waals surface area contributed by atoms with Gasteiger partial charge in [-0.15, -0.1) is 0 Å². The zero-order valence-electron chi connectivity index (χ0n) is 12.6. The summed E-state index contributed by atoms with van der Waals surface area (Å²) >= 11 is 1.97. The zero-order valence-corrected chi connectivity index (χ0v) is 13.4. The lowest BCUT2D eigenvalue weighted by Gasteiger charge is -2.39. The topological polar surface area (TPSA) is 42.6 Å². The van der Waals surface area contributed by atoms with Crippen molar-refractivity contribution in [1.82, 2.24) is 0 Å². The van der Waals surface area contributed by atoms with E-state index in [-0.39, 0.29) is 11.5 Å². The van der Waals surface area contributed by atoms with Crippen LogP contribution in [0.2, 0.25) is 0 Å². The minimum absolute atomic E-state index is 0.0230. The fourth-order valence-electron chi connectivity index (χ4n) is 3.68. The lowest BCUT2D eigenvalue weighted by Crippen LogP contribution is -2.41. The molecular formula is C16H24O3S. The van der Waals surface area contributed by atoms with E-state index in [1.165, 1.54) is 5.75 Å². The Bertz CT molecular complexity index is 488. The zero-order chi connectivity index (χ0) is 14.3. The van der Waals surface area contributed by atoms with Crippen LogP contribution >= 0.6 is 11.8 Å². The third-order valence-electron chi connectivity index (χ3n) is 4.96. The van der Waals surface area contributed by atoms with E-state index in [1.54, 1.807) is 0 Å². The van der Waals surface area contributed by atoms with Crippen LogP contribution in [0.3, 0.4) is 0 Å². The van der Waals surface area contributed by atoms with E-state index < -0.39 is 6.10 Å². The third kappa shape index (κ3) is 2.42. The van der Waals surface area contributed by atoms with Crippen LogP contribution in [0, 0.1) is 26.7 Å². The van der Waals surface area contributed by atoms with E-state index >= 15 is 0 Å². The molecule has 3 unspecified atom stereocenters. The van der Waals surface area contributed by atoms with Gasteiger partial charge in [-0.3, -0.25) is 0 Å². The largest absolute Gasteiger partial charge is 0.466 e. The Morgan fingerprint density at radius 3 is 2.70 bits per heavy atom. The minimum Gasteiger partial charge on any atom is -0.466 e. The standard InChI is InChI=1S/C16H24O3S/c1-10-11(2)19-12(3)14(10)15(17)13-4-6-18-16(8-13)5-7-20-9-16/h13,15,17H,4-9H2,1-3H3. The highest BCUT2D eigenvalue weighted by atomic mass is 32.2. The molecule has 2 fully saturated rings. The molecular weight excluding hydrogens is 272 g/mol. The number of thioether (sulfide) groups is 1. The summed E-state index contributed by atoms with van der Waals surface area (Å²) < 4.78 is 11.7. The van der Waals surface area contributed by atoms with Gasteiger partial charge in [0.2, 0.25) is 0 Å². The lowest BCUT2D eigenvalue weighted by atomic mass is 9.79. The Morgan fingerprint density at radius 1 is 1.30 bits per heavy atom. The smallest absolute Gasteiger partial charge is 0.107 e. The molecule has 20 heavy (non-hydrogen) atoms. The lowest BCUT2D eigenvalue weighted by molar-refractivity contribution is -0.102. The second-order valence-electron chi connectivity index (χ2n) is 6.28. The number of hydrogen-bond donors (Lipinski definition) is 1. The van der Waals surface area contributed by atoms with Gasteiger partial charge >= 0.3 is 0 Å². The fourth-order valence-corrected chi connectivity index (χ4v) is 5.06. The number of hydrogen-bond acceptors (Lipinski definition) is 4. The predicted molar refractivity (Wildman–Crippen MR) is 81.2 cm³/mol. The van der Waals surface area contributed by atoms with Crippen molar-refractivity contribution in [2.75, 3.05) is 18.1 Å². The summed E-state index contributed by atoms with van der Waals surface area (Å²) in [5.41, 5.74) is 2.14. The van der Waals surface area contributed by atoms with E-state index in [2.05, 4.69) is 0 Å². The summed E-state index contributed by atoms with van der Waals surface area (Å²) in [6.07, 6.45) is 2.63. The molecule has 3 heterocycles. The molecule has 1 aromatic heterocycles. The van der Waals surface area contributed by atoms with E-state index in [0.717, 1.165) is 54.3 Å². The molecule has 0 saturated carbocycles. The minimum atomic E-state index is -0.418. The van der Waals surface area contributed by atoms with Gasteiger partial charge in [0.25, 0.3) is 0 Å². The molecule has 3 rings (SSSR count). The van der Waals surface area contributed by atoms with Crippen molar-refractivity contribution in [3.63, 3.8) is 0 Å². The van der Waals surface area contributed by atoms with Gasteiger partial charge in [0.1, 0.15) is 11.5 Å². The molecule has 0 aliphatic carbocycles. The summed E-state index contributed by atoms with van der Waals surface area (Å²) in [4.78, 5) is 0. The molecule has 1 spiro atoms. The quantitative estimate of drug-likeness (QED) is 0.906. The molecule has 1 N–H and O–H groups in total. The van der Waals surface area contributed by atoms with Crippen LogP contribution in [-0.4, -0.2) is 28.8 Å². The number of furan rings is 1. The van der Waals surface area contributed by atoms with Crippen LogP contribution in [0.25, 0.3) is 0 Å². The molecule has 0 amide bonds. The van der Waals surface area contributed by atoms with Gasteiger partial charge < -0.3 is 14.3 Å². The first kappa shape index (κ1) is 14.5. The maximum absolute atomic E-state index is 10.8. The van der Waals surface area contributed by atoms with Gasteiger partial charge in [-0.05, 0) is 57.3 Å². The van der Waals surface area contributed by atoms with E-state index in [1.807, 2.05) is 32.5 Å². The van der Waals surface area contributed by atoms with Gasteiger partial charge in [-0.2, -0.15) is 11.8 Å². The van der Waals surface area contributed by atoms with E-state index in [4.69, 9.17) is 9.15 Å². The van der Waals surface area contributed by atoms with Crippen LogP contribution in [0.5, 0.6) is 0 Å². The first-order chi connectivity index (χ1) is 9.52. The van der Waals surface area contributed by atoms with Crippen LogP contribution < -0.4 is 0 Å². The molecule has 4 heteroatoms. The fraction of sp³-hybridized carbons (Fsp3) is 0.750. The molecule has 112 valence electrons. The Labute approximate surface area is 125 Å². The monoisotopic (exact) mass is 296 g/mol. The second kappa shape index (κ2) is 5.39. The molecule has 2 aliphatic rings. The van der Waals surface area contributed by atoms with E-state index in [0.29, 0.717) is 0 Å². The van der Waals surface area contributed by atoms with Gasteiger partial charge in [-0.25, -0.2) is 0 Å². The predicted octanol–water partition coefficient (Wildman–Crippen LogP) is 3.54. The number of ether oxygens (including phenoxy) is 1. The van der Waals surface area contributed by atoms with Crippen molar-refractivity contribution in [3.05, 3.63) is 22.6 Å². The van der Waals surface area contributed by atoms with Crippen LogP contribution in [0.15, 0.2) is 4.42 Å². The Kier molecular flexibility index (Phi) is 3.91. The third-order valence-corrected chi connectivity index (χ3v) is 6.18. The summed E-state index contributed by atoms with van der Waals surface area (Å²) in [5.74, 6) is 4.35.